The third-order valence-electron chi connectivity index (χ3n) is 2.19. The maximum Gasteiger partial charge on any atom is 0.434 e. The number of carbonyl (C=O) groups excluding carboxylic acids is 1. The Bertz CT molecular complexity index is 577. The number of alkyl halides is 3. The first-order valence-corrected chi connectivity index (χ1v) is 4.76. The SMILES string of the molecule is NC(=O)c1cnn(-c2cccnc2)c1C(F)(F)F. The lowest BCUT2D eigenvalue weighted by Crippen LogP contribution is -2.20. The summed E-state index contributed by atoms with van der Waals surface area (Å²) in [6.45, 7) is 0. The predicted molar refractivity (Wildman–Crippen MR) is 54.9 cm³/mol. The zero-order chi connectivity index (χ0) is 13.3. The molecule has 2 N–H and O–H groups in total. The van der Waals surface area contributed by atoms with Crippen molar-refractivity contribution in [1.29, 1.82) is 0 Å². The Labute approximate surface area is 99.0 Å². The number of rotatable bonds is 2. The number of hydrogen-bond donors (Lipinski definition) is 1. The van der Waals surface area contributed by atoms with Gasteiger partial charge in [0.15, 0.2) is 5.69 Å². The Kier molecular flexibility index (Phi) is 2.77. The molecule has 0 aliphatic carbocycles. The van der Waals surface area contributed by atoms with E-state index >= 15 is 0 Å². The van der Waals surface area contributed by atoms with E-state index in [0.29, 0.717) is 4.68 Å². The van der Waals surface area contributed by atoms with E-state index < -0.39 is 23.3 Å². The van der Waals surface area contributed by atoms with Gasteiger partial charge in [0.1, 0.15) is 0 Å². The van der Waals surface area contributed by atoms with Crippen LogP contribution in [0, 0.1) is 0 Å². The summed E-state index contributed by atoms with van der Waals surface area (Å²) in [7, 11) is 0. The molecule has 94 valence electrons. The van der Waals surface area contributed by atoms with Crippen LogP contribution in [0.5, 0.6) is 0 Å². The molecule has 0 aromatic carbocycles. The second kappa shape index (κ2) is 4.13. The molecule has 0 aliphatic rings. The summed E-state index contributed by atoms with van der Waals surface area (Å²) in [5.74, 6) is -1.18. The molecular formula is C10H7F3N4O. The van der Waals surface area contributed by atoms with Crippen LogP contribution in [0.25, 0.3) is 5.69 Å². The number of primary amides is 1. The van der Waals surface area contributed by atoms with Gasteiger partial charge in [-0.05, 0) is 12.1 Å². The predicted octanol–water partition coefficient (Wildman–Crippen LogP) is 1.39. The highest BCUT2D eigenvalue weighted by Gasteiger charge is 2.40. The van der Waals surface area contributed by atoms with Gasteiger partial charge in [0.2, 0.25) is 0 Å². The minimum Gasteiger partial charge on any atom is -0.365 e. The number of halogens is 3. The minimum atomic E-state index is -4.74. The summed E-state index contributed by atoms with van der Waals surface area (Å²) in [5.41, 5.74) is 3.11. The van der Waals surface area contributed by atoms with Crippen molar-refractivity contribution in [2.75, 3.05) is 0 Å². The fourth-order valence-electron chi connectivity index (χ4n) is 1.48. The molecule has 5 nitrogen and oxygen atoms in total. The van der Waals surface area contributed by atoms with Crippen molar-refractivity contribution < 1.29 is 18.0 Å². The number of nitrogens with two attached hydrogens (primary N) is 1. The lowest BCUT2D eigenvalue weighted by Gasteiger charge is -2.11. The zero-order valence-electron chi connectivity index (χ0n) is 8.85. The maximum atomic E-state index is 12.9. The van der Waals surface area contributed by atoms with Crippen molar-refractivity contribution in [3.63, 3.8) is 0 Å². The van der Waals surface area contributed by atoms with Crippen LogP contribution in [0.3, 0.4) is 0 Å². The lowest BCUT2D eigenvalue weighted by molar-refractivity contribution is -0.143. The Morgan fingerprint density at radius 3 is 2.56 bits per heavy atom. The number of pyridine rings is 1. The Balaban J connectivity index is 2.67. The minimum absolute atomic E-state index is 0.0947. The Hall–Kier alpha value is -2.38. The number of nitrogens with zero attached hydrogens (tertiary/aromatic N) is 3. The molecule has 0 atom stereocenters. The largest absolute Gasteiger partial charge is 0.434 e. The third-order valence-corrected chi connectivity index (χ3v) is 2.19. The highest BCUT2D eigenvalue weighted by Crippen LogP contribution is 2.33. The molecule has 0 spiro atoms. The molecule has 18 heavy (non-hydrogen) atoms. The van der Waals surface area contributed by atoms with Gasteiger partial charge in [-0.3, -0.25) is 9.78 Å². The molecule has 1 amide bonds. The molecular weight excluding hydrogens is 249 g/mol. The highest BCUT2D eigenvalue weighted by molar-refractivity contribution is 5.94. The summed E-state index contributed by atoms with van der Waals surface area (Å²) in [6.07, 6.45) is -1.34. The van der Waals surface area contributed by atoms with Crippen LogP contribution in [0.2, 0.25) is 0 Å². The van der Waals surface area contributed by atoms with Crippen LogP contribution in [-0.4, -0.2) is 20.7 Å². The molecule has 2 heterocycles. The third kappa shape index (κ3) is 2.04. The fraction of sp³-hybridized carbons (Fsp3) is 0.100. The number of aromatic nitrogens is 3. The number of hydrogen-bond acceptors (Lipinski definition) is 3. The first-order chi connectivity index (χ1) is 8.41. The van der Waals surface area contributed by atoms with Gasteiger partial charge in [-0.15, -0.1) is 0 Å². The van der Waals surface area contributed by atoms with Crippen molar-refractivity contribution >= 4 is 5.91 Å². The molecule has 0 saturated heterocycles. The van der Waals surface area contributed by atoms with Crippen molar-refractivity contribution in [2.45, 2.75) is 6.18 Å². The van der Waals surface area contributed by atoms with Crippen LogP contribution >= 0.6 is 0 Å². The van der Waals surface area contributed by atoms with E-state index in [1.54, 1.807) is 0 Å². The molecule has 2 aromatic rings. The van der Waals surface area contributed by atoms with Crippen LogP contribution in [0.15, 0.2) is 30.7 Å². The maximum absolute atomic E-state index is 12.9. The first-order valence-electron chi connectivity index (χ1n) is 4.76. The van der Waals surface area contributed by atoms with Crippen LogP contribution in [0.4, 0.5) is 13.2 Å². The van der Waals surface area contributed by atoms with E-state index in [1.165, 1.54) is 24.5 Å². The topological polar surface area (TPSA) is 73.8 Å². The van der Waals surface area contributed by atoms with E-state index in [2.05, 4.69) is 10.1 Å². The summed E-state index contributed by atoms with van der Waals surface area (Å²) < 4.78 is 39.3. The van der Waals surface area contributed by atoms with Crippen molar-refractivity contribution in [1.82, 2.24) is 14.8 Å². The van der Waals surface area contributed by atoms with Gasteiger partial charge in [-0.25, -0.2) is 4.68 Å². The van der Waals surface area contributed by atoms with Crippen LogP contribution in [0.1, 0.15) is 16.1 Å². The molecule has 8 heteroatoms. The number of amides is 1. The molecule has 0 fully saturated rings. The summed E-state index contributed by atoms with van der Waals surface area (Å²) in [4.78, 5) is 14.7. The second-order valence-corrected chi connectivity index (χ2v) is 3.39. The summed E-state index contributed by atoms with van der Waals surface area (Å²) in [6, 6.07) is 2.85. The second-order valence-electron chi connectivity index (χ2n) is 3.39. The van der Waals surface area contributed by atoms with E-state index in [4.69, 9.17) is 5.73 Å². The van der Waals surface area contributed by atoms with E-state index in [0.717, 1.165) is 6.20 Å². The lowest BCUT2D eigenvalue weighted by atomic mass is 10.2. The molecule has 2 aromatic heterocycles. The van der Waals surface area contributed by atoms with Gasteiger partial charge in [0, 0.05) is 6.20 Å². The van der Waals surface area contributed by atoms with Gasteiger partial charge >= 0.3 is 6.18 Å². The first kappa shape index (κ1) is 12.1. The Morgan fingerprint density at radius 2 is 2.06 bits per heavy atom. The summed E-state index contributed by atoms with van der Waals surface area (Å²) >= 11 is 0. The molecule has 0 unspecified atom stereocenters. The van der Waals surface area contributed by atoms with Crippen LogP contribution < -0.4 is 5.73 Å². The average molecular weight is 256 g/mol. The van der Waals surface area contributed by atoms with Crippen molar-refractivity contribution in [3.8, 4) is 5.69 Å². The van der Waals surface area contributed by atoms with Crippen molar-refractivity contribution in [3.05, 3.63) is 42.0 Å². The standard InChI is InChI=1S/C10H7F3N4O/c11-10(12,13)8-7(9(14)18)5-16-17(8)6-2-1-3-15-4-6/h1-5H,(H2,14,18). The fourth-order valence-corrected chi connectivity index (χ4v) is 1.48. The smallest absolute Gasteiger partial charge is 0.365 e. The van der Waals surface area contributed by atoms with Crippen LogP contribution in [-0.2, 0) is 6.18 Å². The average Bonchev–Trinajstić information content (AvgIpc) is 2.74. The highest BCUT2D eigenvalue weighted by atomic mass is 19.4. The van der Waals surface area contributed by atoms with E-state index in [-0.39, 0.29) is 5.69 Å². The number of carbonyl (C=O) groups is 1. The molecule has 0 radical (unpaired) electrons. The Morgan fingerprint density at radius 1 is 1.33 bits per heavy atom. The van der Waals surface area contributed by atoms with E-state index in [9.17, 15) is 18.0 Å². The van der Waals surface area contributed by atoms with Gasteiger partial charge < -0.3 is 5.73 Å². The monoisotopic (exact) mass is 256 g/mol. The molecule has 0 aliphatic heterocycles. The molecule has 2 rings (SSSR count). The molecule has 0 saturated carbocycles. The van der Waals surface area contributed by atoms with Gasteiger partial charge in [0.25, 0.3) is 5.91 Å². The molecule has 0 bridgehead atoms. The van der Waals surface area contributed by atoms with Crippen molar-refractivity contribution in [2.24, 2.45) is 5.73 Å². The summed E-state index contributed by atoms with van der Waals surface area (Å²) in [5, 5.41) is 3.53. The van der Waals surface area contributed by atoms with Gasteiger partial charge in [-0.1, -0.05) is 0 Å². The quantitative estimate of drug-likeness (QED) is 0.882. The zero-order valence-corrected chi connectivity index (χ0v) is 8.85. The normalized spacial score (nSPS) is 11.5. The van der Waals surface area contributed by atoms with E-state index in [1.807, 2.05) is 0 Å². The van der Waals surface area contributed by atoms with Gasteiger partial charge in [-0.2, -0.15) is 18.3 Å². The van der Waals surface area contributed by atoms with Gasteiger partial charge in [0.05, 0.1) is 23.6 Å².